The summed E-state index contributed by atoms with van der Waals surface area (Å²) in [7, 11) is 1.63. The Balaban J connectivity index is 2.05. The van der Waals surface area contributed by atoms with E-state index in [2.05, 4.69) is 21.4 Å². The highest BCUT2D eigenvalue weighted by Gasteiger charge is 2.11. The Morgan fingerprint density at radius 3 is 3.00 bits per heavy atom. The van der Waals surface area contributed by atoms with E-state index in [0.717, 1.165) is 17.0 Å². The number of ether oxygens (including phenoxy) is 1. The second-order valence-electron chi connectivity index (χ2n) is 3.76. The lowest BCUT2D eigenvalue weighted by molar-refractivity contribution is 0.407. The molecule has 0 aliphatic rings. The maximum atomic E-state index is 9.11. The highest BCUT2D eigenvalue weighted by molar-refractivity contribution is 5.33. The Kier molecular flexibility index (Phi) is 3.94. The number of para-hydroxylation sites is 1. The van der Waals surface area contributed by atoms with Crippen LogP contribution in [0.3, 0.4) is 0 Å². The van der Waals surface area contributed by atoms with Crippen molar-refractivity contribution >= 4 is 0 Å². The minimum absolute atomic E-state index is 0.405. The fourth-order valence-electron chi connectivity index (χ4n) is 1.71. The van der Waals surface area contributed by atoms with E-state index in [-0.39, 0.29) is 0 Å². The Morgan fingerprint density at radius 2 is 2.33 bits per heavy atom. The van der Waals surface area contributed by atoms with Gasteiger partial charge in [-0.05, 0) is 6.07 Å². The standard InChI is InChI=1S/C13H14N4O/c1-18-13-5-3-2-4-10(13)7-16-11(6-14)12-8-15-9-17-12/h2-5,8-9,11,16H,7H2,1H3,(H,15,17). The molecule has 1 aromatic carbocycles. The molecule has 0 saturated carbocycles. The number of aromatic amines is 1. The predicted octanol–water partition coefficient (Wildman–Crippen LogP) is 1.77. The van der Waals surface area contributed by atoms with Crippen molar-refractivity contribution in [3.8, 4) is 11.8 Å². The van der Waals surface area contributed by atoms with Crippen LogP contribution in [0, 0.1) is 11.3 Å². The topological polar surface area (TPSA) is 73.7 Å². The van der Waals surface area contributed by atoms with E-state index in [1.165, 1.54) is 0 Å². The van der Waals surface area contributed by atoms with Crippen LogP contribution in [0.15, 0.2) is 36.8 Å². The van der Waals surface area contributed by atoms with E-state index in [0.29, 0.717) is 6.54 Å². The summed E-state index contributed by atoms with van der Waals surface area (Å²) in [5.74, 6) is 0.811. The minimum Gasteiger partial charge on any atom is -0.496 e. The molecule has 0 bridgehead atoms. The van der Waals surface area contributed by atoms with Gasteiger partial charge in [0.15, 0.2) is 0 Å². The summed E-state index contributed by atoms with van der Waals surface area (Å²) in [5, 5.41) is 12.3. The molecule has 1 aromatic heterocycles. The largest absolute Gasteiger partial charge is 0.496 e. The van der Waals surface area contributed by atoms with E-state index < -0.39 is 6.04 Å². The normalized spacial score (nSPS) is 11.8. The van der Waals surface area contributed by atoms with Gasteiger partial charge in [-0.2, -0.15) is 5.26 Å². The van der Waals surface area contributed by atoms with Crippen molar-refractivity contribution in [1.29, 1.82) is 5.26 Å². The van der Waals surface area contributed by atoms with Gasteiger partial charge in [-0.15, -0.1) is 0 Å². The van der Waals surface area contributed by atoms with Crippen molar-refractivity contribution in [2.75, 3.05) is 7.11 Å². The number of aromatic nitrogens is 2. The number of methoxy groups -OCH3 is 1. The minimum atomic E-state index is -0.405. The first kappa shape index (κ1) is 12.1. The summed E-state index contributed by atoms with van der Waals surface area (Å²) >= 11 is 0. The van der Waals surface area contributed by atoms with Gasteiger partial charge in [0.05, 0.1) is 31.4 Å². The smallest absolute Gasteiger partial charge is 0.138 e. The maximum Gasteiger partial charge on any atom is 0.138 e. The zero-order chi connectivity index (χ0) is 12.8. The first-order chi connectivity index (χ1) is 8.85. The van der Waals surface area contributed by atoms with E-state index in [4.69, 9.17) is 10.00 Å². The van der Waals surface area contributed by atoms with Crippen LogP contribution < -0.4 is 10.1 Å². The molecule has 2 N–H and O–H groups in total. The van der Waals surface area contributed by atoms with Gasteiger partial charge in [0, 0.05) is 12.1 Å². The average molecular weight is 242 g/mol. The molecule has 5 heteroatoms. The number of benzene rings is 1. The third-order valence-electron chi connectivity index (χ3n) is 2.65. The lowest BCUT2D eigenvalue weighted by Crippen LogP contribution is -2.20. The molecule has 92 valence electrons. The van der Waals surface area contributed by atoms with Gasteiger partial charge in [0.25, 0.3) is 0 Å². The molecule has 0 amide bonds. The third kappa shape index (κ3) is 2.67. The van der Waals surface area contributed by atoms with Crippen molar-refractivity contribution < 1.29 is 4.74 Å². The molecular formula is C13H14N4O. The van der Waals surface area contributed by atoms with Crippen LogP contribution in [0.4, 0.5) is 0 Å². The van der Waals surface area contributed by atoms with E-state index >= 15 is 0 Å². The zero-order valence-electron chi connectivity index (χ0n) is 10.1. The Morgan fingerprint density at radius 1 is 1.50 bits per heavy atom. The number of nitrogens with zero attached hydrogens (tertiary/aromatic N) is 2. The zero-order valence-corrected chi connectivity index (χ0v) is 10.1. The van der Waals surface area contributed by atoms with Crippen LogP contribution in [0.1, 0.15) is 17.3 Å². The number of hydrogen-bond donors (Lipinski definition) is 2. The lowest BCUT2D eigenvalue weighted by Gasteiger charge is -2.12. The number of rotatable bonds is 5. The van der Waals surface area contributed by atoms with E-state index in [9.17, 15) is 0 Å². The van der Waals surface area contributed by atoms with Crippen molar-refractivity contribution in [2.45, 2.75) is 12.6 Å². The molecule has 0 spiro atoms. The summed E-state index contributed by atoms with van der Waals surface area (Å²) in [6.45, 7) is 0.557. The van der Waals surface area contributed by atoms with Gasteiger partial charge in [-0.1, -0.05) is 18.2 Å². The molecular weight excluding hydrogens is 228 g/mol. The molecule has 0 aliphatic carbocycles. The van der Waals surface area contributed by atoms with E-state index in [1.807, 2.05) is 24.3 Å². The van der Waals surface area contributed by atoms with Gasteiger partial charge in [-0.25, -0.2) is 4.98 Å². The SMILES string of the molecule is COc1ccccc1CNC(C#N)c1cnc[nH]1. The van der Waals surface area contributed by atoms with Crippen molar-refractivity contribution in [2.24, 2.45) is 0 Å². The van der Waals surface area contributed by atoms with Crippen molar-refractivity contribution in [3.63, 3.8) is 0 Å². The summed E-state index contributed by atoms with van der Waals surface area (Å²) in [5.41, 5.74) is 1.77. The molecule has 1 unspecified atom stereocenters. The van der Waals surface area contributed by atoms with Gasteiger partial charge < -0.3 is 9.72 Å². The van der Waals surface area contributed by atoms with E-state index in [1.54, 1.807) is 19.6 Å². The van der Waals surface area contributed by atoms with Gasteiger partial charge in [0.1, 0.15) is 11.8 Å². The second kappa shape index (κ2) is 5.84. The first-order valence-corrected chi connectivity index (χ1v) is 5.58. The molecule has 0 fully saturated rings. The van der Waals surface area contributed by atoms with Crippen LogP contribution in [0.2, 0.25) is 0 Å². The number of hydrogen-bond acceptors (Lipinski definition) is 4. The summed E-state index contributed by atoms with van der Waals surface area (Å²) < 4.78 is 5.26. The van der Waals surface area contributed by atoms with Crippen molar-refractivity contribution in [3.05, 3.63) is 48.0 Å². The number of H-pyrrole nitrogens is 1. The molecule has 1 atom stereocenters. The molecule has 18 heavy (non-hydrogen) atoms. The van der Waals surface area contributed by atoms with Crippen LogP contribution in [-0.4, -0.2) is 17.1 Å². The molecule has 2 rings (SSSR count). The quantitative estimate of drug-likeness (QED) is 0.838. The number of imidazole rings is 1. The second-order valence-corrected chi connectivity index (χ2v) is 3.76. The maximum absolute atomic E-state index is 9.11. The van der Waals surface area contributed by atoms with Crippen molar-refractivity contribution in [1.82, 2.24) is 15.3 Å². The molecule has 5 nitrogen and oxygen atoms in total. The molecule has 0 saturated heterocycles. The lowest BCUT2D eigenvalue weighted by atomic mass is 10.1. The molecule has 2 aromatic rings. The predicted molar refractivity (Wildman–Crippen MR) is 66.8 cm³/mol. The molecule has 0 aliphatic heterocycles. The Labute approximate surface area is 105 Å². The molecule has 0 radical (unpaired) electrons. The fraction of sp³-hybridized carbons (Fsp3) is 0.231. The van der Waals surface area contributed by atoms with Crippen LogP contribution >= 0.6 is 0 Å². The van der Waals surface area contributed by atoms with Crippen LogP contribution in [0.5, 0.6) is 5.75 Å². The van der Waals surface area contributed by atoms with Gasteiger partial charge in [0.2, 0.25) is 0 Å². The average Bonchev–Trinajstić information content (AvgIpc) is 2.94. The summed E-state index contributed by atoms with van der Waals surface area (Å²) in [4.78, 5) is 6.83. The summed E-state index contributed by atoms with van der Waals surface area (Å²) in [6.07, 6.45) is 3.20. The number of nitrogens with one attached hydrogen (secondary N) is 2. The monoisotopic (exact) mass is 242 g/mol. The van der Waals surface area contributed by atoms with Crippen LogP contribution in [-0.2, 0) is 6.54 Å². The fourth-order valence-corrected chi connectivity index (χ4v) is 1.71. The molecule has 1 heterocycles. The van der Waals surface area contributed by atoms with Gasteiger partial charge in [-0.3, -0.25) is 5.32 Å². The highest BCUT2D eigenvalue weighted by atomic mass is 16.5. The Hall–Kier alpha value is -2.32. The highest BCUT2D eigenvalue weighted by Crippen LogP contribution is 2.18. The Bertz CT molecular complexity index is 530. The number of nitriles is 1. The first-order valence-electron chi connectivity index (χ1n) is 5.58. The van der Waals surface area contributed by atoms with Crippen LogP contribution in [0.25, 0.3) is 0 Å². The third-order valence-corrected chi connectivity index (χ3v) is 2.65. The van der Waals surface area contributed by atoms with Gasteiger partial charge >= 0.3 is 0 Å². The summed E-state index contributed by atoms with van der Waals surface area (Å²) in [6, 6.07) is 9.50.